The lowest BCUT2D eigenvalue weighted by atomic mass is 10.2. The van der Waals surface area contributed by atoms with Crippen LogP contribution in [0.2, 0.25) is 0 Å². The maximum Gasteiger partial charge on any atom is 0.221 e. The highest BCUT2D eigenvalue weighted by Crippen LogP contribution is 2.24. The molecule has 0 aliphatic carbocycles. The van der Waals surface area contributed by atoms with Crippen molar-refractivity contribution in [2.75, 3.05) is 13.2 Å². The summed E-state index contributed by atoms with van der Waals surface area (Å²) >= 11 is 0. The summed E-state index contributed by atoms with van der Waals surface area (Å²) in [4.78, 5) is 4.27. The minimum absolute atomic E-state index is 0.0734. The van der Waals surface area contributed by atoms with Crippen LogP contribution >= 0.6 is 0 Å². The second-order valence-electron chi connectivity index (χ2n) is 4.19. The molecule has 1 aromatic heterocycles. The number of ether oxygens (including phenoxy) is 2. The molecule has 0 amide bonds. The number of pyridine rings is 1. The zero-order valence-corrected chi connectivity index (χ0v) is 9.37. The highest BCUT2D eigenvalue weighted by atomic mass is 16.6. The smallest absolute Gasteiger partial charge is 0.221 e. The average molecular weight is 230 g/mol. The molecule has 2 atom stereocenters. The van der Waals surface area contributed by atoms with E-state index in [1.807, 2.05) is 30.3 Å². The van der Waals surface area contributed by atoms with Crippen LogP contribution < -0.4 is 10.5 Å². The van der Waals surface area contributed by atoms with Gasteiger partial charge in [-0.25, -0.2) is 4.98 Å². The monoisotopic (exact) mass is 230 g/mol. The van der Waals surface area contributed by atoms with Crippen LogP contribution in [0.1, 0.15) is 0 Å². The molecule has 2 N–H and O–H groups in total. The Kier molecular flexibility index (Phi) is 2.66. The topological polar surface area (TPSA) is 57.4 Å². The molecule has 1 aromatic carbocycles. The van der Waals surface area contributed by atoms with Crippen molar-refractivity contribution in [3.63, 3.8) is 0 Å². The van der Waals surface area contributed by atoms with E-state index in [2.05, 4.69) is 4.98 Å². The first-order chi connectivity index (χ1) is 8.34. The number of nitrogens with zero attached hydrogens (tertiary/aromatic N) is 1. The highest BCUT2D eigenvalue weighted by Gasteiger charge is 2.27. The summed E-state index contributed by atoms with van der Waals surface area (Å²) in [7, 11) is 0. The van der Waals surface area contributed by atoms with Crippen molar-refractivity contribution in [2.45, 2.75) is 12.1 Å². The quantitative estimate of drug-likeness (QED) is 0.845. The van der Waals surface area contributed by atoms with Crippen LogP contribution in [-0.2, 0) is 4.74 Å². The van der Waals surface area contributed by atoms with Gasteiger partial charge in [-0.3, -0.25) is 0 Å². The molecule has 1 aliphatic heterocycles. The molecule has 0 spiro atoms. The number of hydrogen-bond acceptors (Lipinski definition) is 4. The largest absolute Gasteiger partial charge is 0.470 e. The van der Waals surface area contributed by atoms with E-state index in [0.29, 0.717) is 19.1 Å². The molecule has 2 aromatic rings. The minimum atomic E-state index is -0.103. The van der Waals surface area contributed by atoms with Gasteiger partial charge in [0.1, 0.15) is 6.10 Å². The third kappa shape index (κ3) is 1.97. The van der Waals surface area contributed by atoms with E-state index in [9.17, 15) is 0 Å². The Morgan fingerprint density at radius 2 is 2.12 bits per heavy atom. The zero-order chi connectivity index (χ0) is 11.7. The van der Waals surface area contributed by atoms with Crippen LogP contribution in [0.4, 0.5) is 0 Å². The van der Waals surface area contributed by atoms with Gasteiger partial charge in [0.15, 0.2) is 0 Å². The molecular weight excluding hydrogens is 216 g/mol. The Morgan fingerprint density at radius 3 is 2.94 bits per heavy atom. The summed E-state index contributed by atoms with van der Waals surface area (Å²) < 4.78 is 11.1. The summed E-state index contributed by atoms with van der Waals surface area (Å²) in [5.41, 5.74) is 5.89. The van der Waals surface area contributed by atoms with Gasteiger partial charge in [-0.05, 0) is 17.5 Å². The van der Waals surface area contributed by atoms with Crippen molar-refractivity contribution in [1.29, 1.82) is 0 Å². The number of rotatable bonds is 2. The SMILES string of the molecule is NC1COCC1Oc1nccc2ccccc12. The van der Waals surface area contributed by atoms with Crippen LogP contribution in [0.3, 0.4) is 0 Å². The van der Waals surface area contributed by atoms with E-state index in [4.69, 9.17) is 15.2 Å². The summed E-state index contributed by atoms with van der Waals surface area (Å²) in [5, 5.41) is 2.12. The van der Waals surface area contributed by atoms with Gasteiger partial charge in [-0.15, -0.1) is 0 Å². The molecule has 1 aliphatic rings. The molecule has 2 heterocycles. The fourth-order valence-electron chi connectivity index (χ4n) is 2.00. The number of fused-ring (bicyclic) bond motifs is 1. The Bertz CT molecular complexity index is 524. The third-order valence-electron chi connectivity index (χ3n) is 2.97. The second kappa shape index (κ2) is 4.31. The molecule has 3 rings (SSSR count). The molecule has 4 heteroatoms. The maximum atomic E-state index is 5.89. The second-order valence-corrected chi connectivity index (χ2v) is 4.19. The number of aromatic nitrogens is 1. The van der Waals surface area contributed by atoms with Crippen LogP contribution in [0.5, 0.6) is 5.88 Å². The molecule has 4 nitrogen and oxygen atoms in total. The predicted molar refractivity (Wildman–Crippen MR) is 65.0 cm³/mol. The lowest BCUT2D eigenvalue weighted by Gasteiger charge is -2.16. The van der Waals surface area contributed by atoms with Gasteiger partial charge in [0, 0.05) is 11.6 Å². The molecule has 17 heavy (non-hydrogen) atoms. The normalized spacial score (nSPS) is 24.1. The first kappa shape index (κ1) is 10.5. The zero-order valence-electron chi connectivity index (χ0n) is 9.37. The van der Waals surface area contributed by atoms with Crippen molar-refractivity contribution >= 4 is 10.8 Å². The van der Waals surface area contributed by atoms with Gasteiger partial charge in [0.2, 0.25) is 5.88 Å². The summed E-state index contributed by atoms with van der Waals surface area (Å²) in [6.45, 7) is 1.08. The van der Waals surface area contributed by atoms with E-state index < -0.39 is 0 Å². The average Bonchev–Trinajstić information content (AvgIpc) is 2.76. The van der Waals surface area contributed by atoms with Gasteiger partial charge in [0.05, 0.1) is 19.3 Å². The molecule has 2 unspecified atom stereocenters. The fourth-order valence-corrected chi connectivity index (χ4v) is 2.00. The fraction of sp³-hybridized carbons (Fsp3) is 0.308. The van der Waals surface area contributed by atoms with E-state index >= 15 is 0 Å². The number of nitrogens with two attached hydrogens (primary N) is 1. The van der Waals surface area contributed by atoms with E-state index in [-0.39, 0.29) is 12.1 Å². The van der Waals surface area contributed by atoms with Crippen LogP contribution in [-0.4, -0.2) is 30.3 Å². The first-order valence-electron chi connectivity index (χ1n) is 5.68. The van der Waals surface area contributed by atoms with Crippen molar-refractivity contribution < 1.29 is 9.47 Å². The summed E-state index contributed by atoms with van der Waals surface area (Å²) in [6.07, 6.45) is 1.65. The van der Waals surface area contributed by atoms with Crippen molar-refractivity contribution in [3.05, 3.63) is 36.5 Å². The Hall–Kier alpha value is -1.65. The highest BCUT2D eigenvalue weighted by molar-refractivity contribution is 5.86. The molecular formula is C13H14N2O2. The minimum Gasteiger partial charge on any atom is -0.470 e. The van der Waals surface area contributed by atoms with Gasteiger partial charge >= 0.3 is 0 Å². The van der Waals surface area contributed by atoms with Crippen LogP contribution in [0, 0.1) is 0 Å². The molecule has 0 radical (unpaired) electrons. The lowest BCUT2D eigenvalue weighted by Crippen LogP contribution is -2.37. The Labute approximate surface area is 99.4 Å². The number of benzene rings is 1. The third-order valence-corrected chi connectivity index (χ3v) is 2.97. The predicted octanol–water partition coefficient (Wildman–Crippen LogP) is 1.34. The molecule has 0 bridgehead atoms. The summed E-state index contributed by atoms with van der Waals surface area (Å²) in [5.74, 6) is 0.633. The van der Waals surface area contributed by atoms with Crippen molar-refractivity contribution in [3.8, 4) is 5.88 Å². The van der Waals surface area contributed by atoms with E-state index in [0.717, 1.165) is 10.8 Å². The van der Waals surface area contributed by atoms with Gasteiger partial charge in [-0.2, -0.15) is 0 Å². The standard InChI is InChI=1S/C13H14N2O2/c14-11-7-16-8-12(11)17-13-10-4-2-1-3-9(10)5-6-15-13/h1-6,11-12H,7-8,14H2. The maximum absolute atomic E-state index is 5.89. The van der Waals surface area contributed by atoms with Gasteiger partial charge in [-0.1, -0.05) is 18.2 Å². The molecule has 1 saturated heterocycles. The Balaban J connectivity index is 1.94. The molecule has 1 fully saturated rings. The van der Waals surface area contributed by atoms with Gasteiger partial charge < -0.3 is 15.2 Å². The van der Waals surface area contributed by atoms with Crippen molar-refractivity contribution in [2.24, 2.45) is 5.73 Å². The van der Waals surface area contributed by atoms with E-state index in [1.54, 1.807) is 6.20 Å². The van der Waals surface area contributed by atoms with Gasteiger partial charge in [0.25, 0.3) is 0 Å². The lowest BCUT2D eigenvalue weighted by molar-refractivity contribution is 0.138. The molecule has 0 saturated carbocycles. The Morgan fingerprint density at radius 1 is 1.24 bits per heavy atom. The van der Waals surface area contributed by atoms with Crippen LogP contribution in [0.15, 0.2) is 36.5 Å². The van der Waals surface area contributed by atoms with Crippen molar-refractivity contribution in [1.82, 2.24) is 4.98 Å². The first-order valence-corrected chi connectivity index (χ1v) is 5.68. The summed E-state index contributed by atoms with van der Waals surface area (Å²) in [6, 6.07) is 9.90. The van der Waals surface area contributed by atoms with Crippen LogP contribution in [0.25, 0.3) is 10.8 Å². The van der Waals surface area contributed by atoms with E-state index in [1.165, 1.54) is 0 Å². The number of hydrogen-bond donors (Lipinski definition) is 1. The molecule has 88 valence electrons.